The Morgan fingerprint density at radius 3 is 2.36 bits per heavy atom. The van der Waals surface area contributed by atoms with E-state index in [1.54, 1.807) is 0 Å². The number of hydrogen-bond acceptors (Lipinski definition) is 4. The Morgan fingerprint density at radius 1 is 0.848 bits per heavy atom. The molecule has 33 heavy (non-hydrogen) atoms. The zero-order valence-electron chi connectivity index (χ0n) is 18.2. The van der Waals surface area contributed by atoms with Gasteiger partial charge in [0.15, 0.2) is 11.6 Å². The molecule has 2 aliphatic heterocycles. The maximum atomic E-state index is 4.75. The molecule has 0 aliphatic carbocycles. The number of pyridine rings is 1. The van der Waals surface area contributed by atoms with Crippen LogP contribution in [-0.4, -0.2) is 35.7 Å². The van der Waals surface area contributed by atoms with Crippen molar-refractivity contribution in [1.29, 1.82) is 0 Å². The standard InChI is InChI=1S/C27H24N6/c1-3-7-18(8-4-1)25(19-9-5-2-6-10-19)33-21-11-12-23(33)27-31-30-26(32(27)17-21)22-16-28-15-20-13-14-29-24(20)22/h1-10,13-16,21,23,25,29H,11-12,17H2. The fourth-order valence-corrected chi connectivity index (χ4v) is 5.85. The topological polar surface area (TPSA) is 62.6 Å². The molecule has 162 valence electrons. The van der Waals surface area contributed by atoms with Crippen LogP contribution in [-0.2, 0) is 6.54 Å². The van der Waals surface area contributed by atoms with Crippen LogP contribution in [0.1, 0.15) is 41.9 Å². The molecule has 6 heteroatoms. The molecule has 2 atom stereocenters. The number of benzene rings is 2. The second-order valence-corrected chi connectivity index (χ2v) is 9.04. The highest BCUT2D eigenvalue weighted by atomic mass is 15.4. The lowest BCUT2D eigenvalue weighted by Crippen LogP contribution is -2.43. The van der Waals surface area contributed by atoms with Gasteiger partial charge in [-0.1, -0.05) is 60.7 Å². The van der Waals surface area contributed by atoms with Gasteiger partial charge in [-0.25, -0.2) is 0 Å². The molecule has 1 saturated heterocycles. The smallest absolute Gasteiger partial charge is 0.167 e. The summed E-state index contributed by atoms with van der Waals surface area (Å²) in [5.41, 5.74) is 4.75. The molecule has 0 saturated carbocycles. The Hall–Kier alpha value is -3.77. The van der Waals surface area contributed by atoms with Crippen molar-refractivity contribution < 1.29 is 0 Å². The number of aromatic amines is 1. The highest BCUT2D eigenvalue weighted by molar-refractivity contribution is 5.91. The van der Waals surface area contributed by atoms with Crippen molar-refractivity contribution in [3.8, 4) is 11.4 Å². The number of nitrogens with zero attached hydrogens (tertiary/aromatic N) is 5. The minimum absolute atomic E-state index is 0.201. The van der Waals surface area contributed by atoms with Crippen LogP contribution >= 0.6 is 0 Å². The van der Waals surface area contributed by atoms with Crippen molar-refractivity contribution >= 4 is 10.9 Å². The number of hydrogen-bond donors (Lipinski definition) is 1. The highest BCUT2D eigenvalue weighted by Crippen LogP contribution is 2.48. The number of rotatable bonds is 4. The summed E-state index contributed by atoms with van der Waals surface area (Å²) in [5.74, 6) is 1.98. The normalized spacial score (nSPS) is 19.9. The number of H-pyrrole nitrogens is 1. The van der Waals surface area contributed by atoms with Crippen LogP contribution < -0.4 is 0 Å². The number of fused-ring (bicyclic) bond motifs is 5. The molecule has 2 aliphatic rings. The summed E-state index contributed by atoms with van der Waals surface area (Å²) in [7, 11) is 0. The minimum atomic E-state index is 0.201. The maximum absolute atomic E-state index is 4.75. The third kappa shape index (κ3) is 2.87. The Morgan fingerprint density at radius 2 is 1.61 bits per heavy atom. The molecular weight excluding hydrogens is 408 g/mol. The van der Waals surface area contributed by atoms with Crippen LogP contribution in [0.15, 0.2) is 85.3 Å². The zero-order valence-corrected chi connectivity index (χ0v) is 18.2. The van der Waals surface area contributed by atoms with Crippen molar-refractivity contribution in [2.45, 2.75) is 37.5 Å². The van der Waals surface area contributed by atoms with Crippen molar-refractivity contribution in [3.05, 3.63) is 102 Å². The first-order valence-electron chi connectivity index (χ1n) is 11.6. The van der Waals surface area contributed by atoms with Gasteiger partial charge in [-0.15, -0.1) is 10.2 Å². The second kappa shape index (κ2) is 7.39. The van der Waals surface area contributed by atoms with E-state index >= 15 is 0 Å². The van der Waals surface area contributed by atoms with Crippen LogP contribution in [0, 0.1) is 0 Å². The van der Waals surface area contributed by atoms with E-state index in [0.29, 0.717) is 6.04 Å². The maximum Gasteiger partial charge on any atom is 0.167 e. The molecule has 0 spiro atoms. The summed E-state index contributed by atoms with van der Waals surface area (Å²) in [6.45, 7) is 0.890. The number of aromatic nitrogens is 5. The Kier molecular flexibility index (Phi) is 4.20. The minimum Gasteiger partial charge on any atom is -0.360 e. The van der Waals surface area contributed by atoms with Crippen molar-refractivity contribution in [1.82, 2.24) is 29.6 Å². The van der Waals surface area contributed by atoms with Gasteiger partial charge in [0.05, 0.1) is 23.2 Å². The van der Waals surface area contributed by atoms with Gasteiger partial charge >= 0.3 is 0 Å². The van der Waals surface area contributed by atoms with E-state index in [0.717, 1.165) is 47.5 Å². The van der Waals surface area contributed by atoms with Crippen LogP contribution in [0.5, 0.6) is 0 Å². The van der Waals surface area contributed by atoms with Gasteiger partial charge in [0.1, 0.15) is 0 Å². The van der Waals surface area contributed by atoms with Crippen molar-refractivity contribution in [2.24, 2.45) is 0 Å². The van der Waals surface area contributed by atoms with E-state index in [4.69, 9.17) is 5.10 Å². The SMILES string of the molecule is c1ccc(C(c2ccccc2)N2C3CCC2c2nnc(-c4cncc5cc[nH]c45)n2C3)cc1. The molecule has 0 radical (unpaired) electrons. The molecule has 1 fully saturated rings. The first kappa shape index (κ1) is 18.8. The van der Waals surface area contributed by atoms with E-state index in [2.05, 4.69) is 91.3 Å². The second-order valence-electron chi connectivity index (χ2n) is 9.04. The van der Waals surface area contributed by atoms with E-state index < -0.39 is 0 Å². The summed E-state index contributed by atoms with van der Waals surface area (Å²) < 4.78 is 2.34. The van der Waals surface area contributed by atoms with Crippen molar-refractivity contribution in [2.75, 3.05) is 0 Å². The van der Waals surface area contributed by atoms with Gasteiger partial charge in [-0.3, -0.25) is 9.88 Å². The summed E-state index contributed by atoms with van der Waals surface area (Å²) >= 11 is 0. The monoisotopic (exact) mass is 432 g/mol. The lowest BCUT2D eigenvalue weighted by molar-refractivity contribution is 0.107. The first-order valence-corrected chi connectivity index (χ1v) is 11.6. The Bertz CT molecular complexity index is 1380. The van der Waals surface area contributed by atoms with E-state index in [9.17, 15) is 0 Å². The van der Waals surface area contributed by atoms with Gasteiger partial charge in [-0.2, -0.15) is 0 Å². The summed E-state index contributed by atoms with van der Waals surface area (Å²) in [6.07, 6.45) is 8.01. The predicted molar refractivity (Wildman–Crippen MR) is 127 cm³/mol. The van der Waals surface area contributed by atoms with Gasteiger partial charge in [0.2, 0.25) is 0 Å². The average molecular weight is 433 g/mol. The summed E-state index contributed by atoms with van der Waals surface area (Å²) in [5, 5.41) is 10.5. The molecule has 5 heterocycles. The van der Waals surface area contributed by atoms with Crippen LogP contribution in [0.2, 0.25) is 0 Å². The quantitative estimate of drug-likeness (QED) is 0.428. The average Bonchev–Trinajstić information content (AvgIpc) is 3.58. The molecule has 6 nitrogen and oxygen atoms in total. The first-order chi connectivity index (χ1) is 16.4. The predicted octanol–water partition coefficient (Wildman–Crippen LogP) is 5.13. The third-order valence-electron chi connectivity index (χ3n) is 7.26. The Labute approximate surface area is 191 Å². The van der Waals surface area contributed by atoms with E-state index in [-0.39, 0.29) is 12.1 Å². The molecule has 2 aromatic carbocycles. The molecule has 7 rings (SSSR count). The van der Waals surface area contributed by atoms with Crippen LogP contribution in [0.3, 0.4) is 0 Å². The molecule has 3 aromatic heterocycles. The van der Waals surface area contributed by atoms with E-state index in [1.165, 1.54) is 11.1 Å². The molecular formula is C27H24N6. The third-order valence-corrected chi connectivity index (χ3v) is 7.26. The molecule has 2 unspecified atom stereocenters. The van der Waals surface area contributed by atoms with E-state index in [1.807, 2.05) is 18.6 Å². The fraction of sp³-hybridized carbons (Fsp3) is 0.222. The summed E-state index contributed by atoms with van der Waals surface area (Å²) in [4.78, 5) is 10.5. The molecule has 1 N–H and O–H groups in total. The van der Waals surface area contributed by atoms with Crippen LogP contribution in [0.4, 0.5) is 0 Å². The van der Waals surface area contributed by atoms with Gasteiger partial charge in [0.25, 0.3) is 0 Å². The lowest BCUT2D eigenvalue weighted by Gasteiger charge is -2.41. The van der Waals surface area contributed by atoms with Gasteiger partial charge in [-0.05, 0) is 30.0 Å². The fourth-order valence-electron chi connectivity index (χ4n) is 5.85. The summed E-state index contributed by atoms with van der Waals surface area (Å²) in [6, 6.07) is 24.7. The van der Waals surface area contributed by atoms with Gasteiger partial charge in [0, 0.05) is 36.6 Å². The van der Waals surface area contributed by atoms with Gasteiger partial charge < -0.3 is 9.55 Å². The van der Waals surface area contributed by atoms with Crippen LogP contribution in [0.25, 0.3) is 22.3 Å². The largest absolute Gasteiger partial charge is 0.360 e. The lowest BCUT2D eigenvalue weighted by atomic mass is 9.94. The van der Waals surface area contributed by atoms with Crippen molar-refractivity contribution in [3.63, 3.8) is 0 Å². The molecule has 5 aromatic rings. The zero-order chi connectivity index (χ0) is 21.8. The molecule has 2 bridgehead atoms. The highest BCUT2D eigenvalue weighted by Gasteiger charge is 2.46. The Balaban J connectivity index is 1.34. The number of nitrogens with one attached hydrogen (secondary N) is 1. The molecule has 0 amide bonds.